The Morgan fingerprint density at radius 2 is 2.06 bits per heavy atom. The van der Waals surface area contributed by atoms with Gasteiger partial charge in [-0.15, -0.1) is 0 Å². The molecule has 1 unspecified atom stereocenters. The van der Waals surface area contributed by atoms with Crippen molar-refractivity contribution in [2.75, 3.05) is 11.9 Å². The summed E-state index contributed by atoms with van der Waals surface area (Å²) in [5.74, 6) is -0.712. The van der Waals surface area contributed by atoms with Gasteiger partial charge in [0.2, 0.25) is 5.91 Å². The zero-order valence-electron chi connectivity index (χ0n) is 16.8. The third-order valence-corrected chi connectivity index (χ3v) is 4.86. The number of esters is 1. The minimum Gasteiger partial charge on any atom is -0.462 e. The third-order valence-electron chi connectivity index (χ3n) is 4.67. The number of nitrogens with zero attached hydrogens (tertiary/aromatic N) is 5. The second kappa shape index (κ2) is 8.57. The summed E-state index contributed by atoms with van der Waals surface area (Å²) in [6.45, 7) is 3.74. The lowest BCUT2D eigenvalue weighted by molar-refractivity contribution is -0.119. The molecule has 0 saturated heterocycles. The summed E-state index contributed by atoms with van der Waals surface area (Å²) in [5.41, 5.74) is 2.80. The van der Waals surface area contributed by atoms with Gasteiger partial charge in [-0.05, 0) is 32.0 Å². The molecule has 4 aromatic rings. The molecule has 3 heterocycles. The van der Waals surface area contributed by atoms with Gasteiger partial charge >= 0.3 is 5.97 Å². The SMILES string of the molecule is CCOC(=O)c1cnn2c(-c3cccc(NC(=O)C(C)n4cc(Cl)cn4)c3)ccnc12. The van der Waals surface area contributed by atoms with E-state index in [1.807, 2.05) is 18.2 Å². The number of nitrogens with one attached hydrogen (secondary N) is 1. The molecule has 1 amide bonds. The van der Waals surface area contributed by atoms with Gasteiger partial charge < -0.3 is 10.1 Å². The monoisotopic (exact) mass is 438 g/mol. The van der Waals surface area contributed by atoms with Crippen molar-refractivity contribution in [2.24, 2.45) is 0 Å². The third kappa shape index (κ3) is 4.13. The van der Waals surface area contributed by atoms with Crippen LogP contribution >= 0.6 is 11.6 Å². The average molecular weight is 439 g/mol. The van der Waals surface area contributed by atoms with E-state index in [2.05, 4.69) is 20.5 Å². The number of carbonyl (C=O) groups is 2. The Bertz CT molecular complexity index is 1260. The lowest BCUT2D eigenvalue weighted by Gasteiger charge is -2.13. The summed E-state index contributed by atoms with van der Waals surface area (Å²) >= 11 is 5.89. The molecule has 0 spiro atoms. The number of aromatic nitrogens is 5. The Morgan fingerprint density at radius 3 is 2.81 bits per heavy atom. The molecule has 3 aromatic heterocycles. The molecule has 4 rings (SSSR count). The molecule has 0 fully saturated rings. The first-order valence-corrected chi connectivity index (χ1v) is 9.96. The molecule has 0 aliphatic heterocycles. The van der Waals surface area contributed by atoms with Gasteiger partial charge in [0.05, 0.1) is 29.7 Å². The normalized spacial score (nSPS) is 12.0. The predicted molar refractivity (Wildman–Crippen MR) is 115 cm³/mol. The van der Waals surface area contributed by atoms with Crippen LogP contribution < -0.4 is 5.32 Å². The number of hydrogen-bond acceptors (Lipinski definition) is 6. The maximum absolute atomic E-state index is 12.6. The van der Waals surface area contributed by atoms with Crippen LogP contribution in [0.25, 0.3) is 16.9 Å². The molecular weight excluding hydrogens is 420 g/mol. The summed E-state index contributed by atoms with van der Waals surface area (Å²) in [6, 6.07) is 8.55. The van der Waals surface area contributed by atoms with Crippen LogP contribution in [0.5, 0.6) is 0 Å². The van der Waals surface area contributed by atoms with Crippen molar-refractivity contribution in [3.8, 4) is 11.3 Å². The Hall–Kier alpha value is -3.72. The number of amides is 1. The molecule has 31 heavy (non-hydrogen) atoms. The highest BCUT2D eigenvalue weighted by Gasteiger charge is 2.18. The summed E-state index contributed by atoms with van der Waals surface area (Å²) in [6.07, 6.45) is 6.11. The number of ether oxygens (including phenoxy) is 1. The van der Waals surface area contributed by atoms with Crippen LogP contribution in [-0.2, 0) is 9.53 Å². The number of halogens is 1. The Labute approximate surface area is 182 Å². The van der Waals surface area contributed by atoms with Gasteiger partial charge in [0.1, 0.15) is 11.6 Å². The Kier molecular flexibility index (Phi) is 5.68. The Morgan fingerprint density at radius 1 is 1.23 bits per heavy atom. The van der Waals surface area contributed by atoms with E-state index in [-0.39, 0.29) is 12.5 Å². The maximum atomic E-state index is 12.6. The van der Waals surface area contributed by atoms with E-state index in [1.54, 1.807) is 42.9 Å². The summed E-state index contributed by atoms with van der Waals surface area (Å²) in [5, 5.41) is 11.7. The first-order chi connectivity index (χ1) is 15.0. The smallest absolute Gasteiger partial charge is 0.343 e. The van der Waals surface area contributed by atoms with Crippen LogP contribution in [-0.4, -0.2) is 42.9 Å². The van der Waals surface area contributed by atoms with E-state index >= 15 is 0 Å². The second-order valence-electron chi connectivity index (χ2n) is 6.73. The minimum absolute atomic E-state index is 0.236. The summed E-state index contributed by atoms with van der Waals surface area (Å²) in [7, 11) is 0. The van der Waals surface area contributed by atoms with Crippen LogP contribution in [0.2, 0.25) is 5.02 Å². The van der Waals surface area contributed by atoms with Crippen LogP contribution in [0.3, 0.4) is 0 Å². The quantitative estimate of drug-likeness (QED) is 0.461. The zero-order valence-corrected chi connectivity index (χ0v) is 17.6. The molecule has 1 aromatic carbocycles. The van der Waals surface area contributed by atoms with Gasteiger partial charge in [-0.1, -0.05) is 23.7 Å². The number of carbonyl (C=O) groups excluding carboxylic acids is 2. The van der Waals surface area contributed by atoms with Gasteiger partial charge in [0.15, 0.2) is 5.65 Å². The highest BCUT2D eigenvalue weighted by atomic mass is 35.5. The van der Waals surface area contributed by atoms with E-state index < -0.39 is 12.0 Å². The first-order valence-electron chi connectivity index (χ1n) is 9.58. The van der Waals surface area contributed by atoms with Gasteiger partial charge in [-0.2, -0.15) is 10.2 Å². The van der Waals surface area contributed by atoms with Crippen molar-refractivity contribution in [1.29, 1.82) is 0 Å². The fourth-order valence-corrected chi connectivity index (χ4v) is 3.26. The standard InChI is InChI=1S/C21H19ClN6O3/c1-3-31-21(30)17-11-25-28-18(7-8-23-19(17)28)14-5-4-6-16(9-14)26-20(29)13(2)27-12-15(22)10-24-27/h4-13H,3H2,1-2H3,(H,26,29). The maximum Gasteiger partial charge on any atom is 0.343 e. The number of anilines is 1. The molecule has 9 nitrogen and oxygen atoms in total. The van der Waals surface area contributed by atoms with Crippen molar-refractivity contribution < 1.29 is 14.3 Å². The van der Waals surface area contributed by atoms with Crippen molar-refractivity contribution >= 4 is 34.8 Å². The van der Waals surface area contributed by atoms with Crippen LogP contribution in [0, 0.1) is 0 Å². The molecule has 0 radical (unpaired) electrons. The molecular formula is C21H19ClN6O3. The Balaban J connectivity index is 1.62. The fourth-order valence-electron chi connectivity index (χ4n) is 3.11. The highest BCUT2D eigenvalue weighted by Crippen LogP contribution is 2.24. The molecule has 1 N–H and O–H groups in total. The number of hydrogen-bond donors (Lipinski definition) is 1. The van der Waals surface area contributed by atoms with Gasteiger partial charge in [-0.25, -0.2) is 14.3 Å². The van der Waals surface area contributed by atoms with E-state index in [0.29, 0.717) is 27.6 Å². The number of rotatable bonds is 6. The van der Waals surface area contributed by atoms with Crippen molar-refractivity contribution in [2.45, 2.75) is 19.9 Å². The van der Waals surface area contributed by atoms with Crippen LogP contribution in [0.4, 0.5) is 5.69 Å². The molecule has 10 heteroatoms. The van der Waals surface area contributed by atoms with Crippen molar-refractivity contribution in [3.05, 3.63) is 65.7 Å². The molecule has 158 valence electrons. The van der Waals surface area contributed by atoms with Gasteiger partial charge in [0, 0.05) is 23.6 Å². The summed E-state index contributed by atoms with van der Waals surface area (Å²) < 4.78 is 8.13. The van der Waals surface area contributed by atoms with Crippen LogP contribution in [0.15, 0.2) is 55.1 Å². The van der Waals surface area contributed by atoms with E-state index in [1.165, 1.54) is 17.1 Å². The van der Waals surface area contributed by atoms with Crippen molar-refractivity contribution in [1.82, 2.24) is 24.4 Å². The highest BCUT2D eigenvalue weighted by molar-refractivity contribution is 6.30. The zero-order chi connectivity index (χ0) is 22.0. The first kappa shape index (κ1) is 20.5. The fraction of sp³-hybridized carbons (Fsp3) is 0.190. The number of fused-ring (bicyclic) bond motifs is 1. The number of benzene rings is 1. The van der Waals surface area contributed by atoms with E-state index in [0.717, 1.165) is 5.56 Å². The lowest BCUT2D eigenvalue weighted by atomic mass is 10.1. The molecule has 0 saturated carbocycles. The van der Waals surface area contributed by atoms with Crippen LogP contribution in [0.1, 0.15) is 30.2 Å². The van der Waals surface area contributed by atoms with E-state index in [9.17, 15) is 9.59 Å². The molecule has 0 aliphatic carbocycles. The average Bonchev–Trinajstić information content (AvgIpc) is 3.39. The largest absolute Gasteiger partial charge is 0.462 e. The molecule has 1 atom stereocenters. The molecule has 0 aliphatic rings. The van der Waals surface area contributed by atoms with Gasteiger partial charge in [-0.3, -0.25) is 9.48 Å². The second-order valence-corrected chi connectivity index (χ2v) is 7.17. The molecule has 0 bridgehead atoms. The minimum atomic E-state index is -0.540. The predicted octanol–water partition coefficient (Wildman–Crippen LogP) is 3.62. The lowest BCUT2D eigenvalue weighted by Crippen LogP contribution is -2.24. The van der Waals surface area contributed by atoms with Crippen molar-refractivity contribution in [3.63, 3.8) is 0 Å². The summed E-state index contributed by atoms with van der Waals surface area (Å²) in [4.78, 5) is 29.0. The van der Waals surface area contributed by atoms with Gasteiger partial charge in [0.25, 0.3) is 0 Å². The van der Waals surface area contributed by atoms with E-state index in [4.69, 9.17) is 16.3 Å². The topological polar surface area (TPSA) is 103 Å².